The van der Waals surface area contributed by atoms with Gasteiger partial charge in [0.1, 0.15) is 0 Å². The third-order valence-electron chi connectivity index (χ3n) is 4.76. The summed E-state index contributed by atoms with van der Waals surface area (Å²) in [6.45, 7) is 3.83. The molecule has 2 rings (SSSR count). The van der Waals surface area contributed by atoms with Gasteiger partial charge in [-0.15, -0.1) is 0 Å². The first kappa shape index (κ1) is 13.4. The second-order valence-electron chi connectivity index (χ2n) is 6.56. The van der Waals surface area contributed by atoms with Crippen LogP contribution in [0.25, 0.3) is 0 Å². The number of nitrogens with one attached hydrogen (secondary N) is 1. The van der Waals surface area contributed by atoms with Crippen LogP contribution in [0, 0.1) is 11.3 Å². The molecule has 0 amide bonds. The van der Waals surface area contributed by atoms with E-state index >= 15 is 0 Å². The minimum absolute atomic E-state index is 0.635. The van der Waals surface area contributed by atoms with Crippen molar-refractivity contribution in [3.63, 3.8) is 0 Å². The van der Waals surface area contributed by atoms with Crippen LogP contribution in [0.3, 0.4) is 0 Å². The summed E-state index contributed by atoms with van der Waals surface area (Å²) in [5.74, 6) is 1.03. The second kappa shape index (κ2) is 6.19. The largest absolute Gasteiger partial charge is 0.319 e. The third-order valence-corrected chi connectivity index (χ3v) is 4.76. The highest BCUT2D eigenvalue weighted by Gasteiger charge is 2.42. The number of nitrogens with zero attached hydrogens (tertiary/aromatic N) is 1. The molecule has 100 valence electrons. The van der Waals surface area contributed by atoms with Crippen LogP contribution in [-0.4, -0.2) is 38.6 Å². The standard InChI is InChI=1S/C15H30N2/c1-16-12-15(9-10-15)13-17(2)11-8-14-6-4-3-5-7-14/h14,16H,3-13H2,1-2H3. The molecule has 0 aliphatic heterocycles. The molecule has 0 aromatic heterocycles. The fourth-order valence-electron chi connectivity index (χ4n) is 3.47. The Balaban J connectivity index is 1.61. The Kier molecular flexibility index (Phi) is 4.87. The van der Waals surface area contributed by atoms with E-state index in [-0.39, 0.29) is 0 Å². The summed E-state index contributed by atoms with van der Waals surface area (Å²) in [4.78, 5) is 2.58. The minimum Gasteiger partial charge on any atom is -0.319 e. The van der Waals surface area contributed by atoms with Crippen molar-refractivity contribution in [2.45, 2.75) is 51.4 Å². The molecule has 2 aliphatic rings. The van der Waals surface area contributed by atoms with Crippen molar-refractivity contribution in [1.82, 2.24) is 10.2 Å². The van der Waals surface area contributed by atoms with Crippen molar-refractivity contribution in [2.75, 3.05) is 33.7 Å². The molecule has 2 nitrogen and oxygen atoms in total. The van der Waals surface area contributed by atoms with Crippen LogP contribution in [-0.2, 0) is 0 Å². The predicted molar refractivity (Wildman–Crippen MR) is 74.3 cm³/mol. The van der Waals surface area contributed by atoms with Gasteiger partial charge in [-0.05, 0) is 51.2 Å². The Morgan fingerprint density at radius 1 is 1.18 bits per heavy atom. The van der Waals surface area contributed by atoms with Gasteiger partial charge in [-0.2, -0.15) is 0 Å². The first-order valence-electron chi connectivity index (χ1n) is 7.57. The van der Waals surface area contributed by atoms with Crippen LogP contribution < -0.4 is 5.32 Å². The molecule has 2 aliphatic carbocycles. The minimum atomic E-state index is 0.635. The average Bonchev–Trinajstić information content (AvgIpc) is 3.08. The Bertz CT molecular complexity index is 217. The third kappa shape index (κ3) is 4.26. The van der Waals surface area contributed by atoms with Crippen molar-refractivity contribution in [3.05, 3.63) is 0 Å². The van der Waals surface area contributed by atoms with E-state index < -0.39 is 0 Å². The van der Waals surface area contributed by atoms with Gasteiger partial charge in [0.25, 0.3) is 0 Å². The summed E-state index contributed by atoms with van der Waals surface area (Å²) in [6.07, 6.45) is 11.7. The molecule has 0 unspecified atom stereocenters. The maximum absolute atomic E-state index is 3.35. The average molecular weight is 238 g/mol. The normalized spacial score (nSPS) is 24.2. The van der Waals surface area contributed by atoms with E-state index in [1.807, 2.05) is 0 Å². The van der Waals surface area contributed by atoms with Crippen LogP contribution in [0.5, 0.6) is 0 Å². The first-order chi connectivity index (χ1) is 8.24. The monoisotopic (exact) mass is 238 g/mol. The molecule has 1 N–H and O–H groups in total. The Labute approximate surface area is 107 Å². The molecule has 0 spiro atoms. The van der Waals surface area contributed by atoms with Crippen LogP contribution in [0.2, 0.25) is 0 Å². The van der Waals surface area contributed by atoms with Crippen LogP contribution in [0.1, 0.15) is 51.4 Å². The summed E-state index contributed by atoms with van der Waals surface area (Å²) in [6, 6.07) is 0. The molecule has 17 heavy (non-hydrogen) atoms. The van der Waals surface area contributed by atoms with Gasteiger partial charge in [0, 0.05) is 13.1 Å². The number of rotatable bonds is 7. The SMILES string of the molecule is CNCC1(CN(C)CCC2CCCCC2)CC1. The molecule has 0 aromatic carbocycles. The zero-order valence-corrected chi connectivity index (χ0v) is 11.8. The lowest BCUT2D eigenvalue weighted by Crippen LogP contribution is -2.34. The maximum Gasteiger partial charge on any atom is 0.00471 e. The van der Waals surface area contributed by atoms with Gasteiger partial charge in [0.05, 0.1) is 0 Å². The zero-order chi connectivity index (χ0) is 12.1. The van der Waals surface area contributed by atoms with Crippen LogP contribution in [0.15, 0.2) is 0 Å². The second-order valence-corrected chi connectivity index (χ2v) is 6.56. The molecule has 0 radical (unpaired) electrons. The molecule has 0 bridgehead atoms. The van der Waals surface area contributed by atoms with Gasteiger partial charge in [0.15, 0.2) is 0 Å². The fraction of sp³-hybridized carbons (Fsp3) is 1.00. The highest BCUT2D eigenvalue weighted by atomic mass is 15.1. The topological polar surface area (TPSA) is 15.3 Å². The summed E-state index contributed by atoms with van der Waals surface area (Å²) in [5, 5.41) is 3.35. The molecule has 0 heterocycles. The van der Waals surface area contributed by atoms with E-state index in [1.54, 1.807) is 0 Å². The molecule has 2 heteroatoms. The van der Waals surface area contributed by atoms with E-state index in [0.29, 0.717) is 5.41 Å². The smallest absolute Gasteiger partial charge is 0.00471 e. The quantitative estimate of drug-likeness (QED) is 0.733. The summed E-state index contributed by atoms with van der Waals surface area (Å²) < 4.78 is 0. The first-order valence-corrected chi connectivity index (χ1v) is 7.57. The Morgan fingerprint density at radius 2 is 1.88 bits per heavy atom. The molecule has 0 atom stereocenters. The molecule has 0 aromatic rings. The summed E-state index contributed by atoms with van der Waals surface area (Å²) in [7, 11) is 4.40. The van der Waals surface area contributed by atoms with Crippen molar-refractivity contribution >= 4 is 0 Å². The molecule has 2 fully saturated rings. The maximum atomic E-state index is 3.35. The summed E-state index contributed by atoms with van der Waals surface area (Å²) >= 11 is 0. The van der Waals surface area contributed by atoms with Gasteiger partial charge in [-0.1, -0.05) is 32.1 Å². The molecule has 0 saturated heterocycles. The fourth-order valence-corrected chi connectivity index (χ4v) is 3.47. The van der Waals surface area contributed by atoms with Gasteiger partial charge < -0.3 is 10.2 Å². The van der Waals surface area contributed by atoms with Crippen molar-refractivity contribution in [2.24, 2.45) is 11.3 Å². The van der Waals surface area contributed by atoms with Crippen molar-refractivity contribution in [3.8, 4) is 0 Å². The Morgan fingerprint density at radius 3 is 2.47 bits per heavy atom. The number of hydrogen-bond acceptors (Lipinski definition) is 2. The Hall–Kier alpha value is -0.0800. The van der Waals surface area contributed by atoms with E-state index in [4.69, 9.17) is 0 Å². The highest BCUT2D eigenvalue weighted by molar-refractivity contribution is 4.96. The molecule has 2 saturated carbocycles. The molecular weight excluding hydrogens is 208 g/mol. The van der Waals surface area contributed by atoms with E-state index in [2.05, 4.69) is 24.3 Å². The lowest BCUT2D eigenvalue weighted by Gasteiger charge is -2.27. The summed E-state index contributed by atoms with van der Waals surface area (Å²) in [5.41, 5.74) is 0.635. The van der Waals surface area contributed by atoms with Crippen LogP contribution >= 0.6 is 0 Å². The van der Waals surface area contributed by atoms with Crippen LogP contribution in [0.4, 0.5) is 0 Å². The predicted octanol–water partition coefficient (Wildman–Crippen LogP) is 2.89. The number of hydrogen-bond donors (Lipinski definition) is 1. The lowest BCUT2D eigenvalue weighted by molar-refractivity contribution is 0.226. The zero-order valence-electron chi connectivity index (χ0n) is 11.8. The van der Waals surface area contributed by atoms with E-state index in [9.17, 15) is 0 Å². The van der Waals surface area contributed by atoms with Crippen molar-refractivity contribution < 1.29 is 0 Å². The highest BCUT2D eigenvalue weighted by Crippen LogP contribution is 2.45. The van der Waals surface area contributed by atoms with Crippen molar-refractivity contribution in [1.29, 1.82) is 0 Å². The van der Waals surface area contributed by atoms with Gasteiger partial charge in [0.2, 0.25) is 0 Å². The lowest BCUT2D eigenvalue weighted by atomic mass is 9.87. The van der Waals surface area contributed by atoms with Gasteiger partial charge in [-0.3, -0.25) is 0 Å². The van der Waals surface area contributed by atoms with Gasteiger partial charge in [-0.25, -0.2) is 0 Å². The van der Waals surface area contributed by atoms with E-state index in [1.165, 1.54) is 71.0 Å². The van der Waals surface area contributed by atoms with E-state index in [0.717, 1.165) is 5.92 Å². The molecular formula is C15H30N2. The van der Waals surface area contributed by atoms with Gasteiger partial charge >= 0.3 is 0 Å².